The third-order valence-corrected chi connectivity index (χ3v) is 4.76. The van der Waals surface area contributed by atoms with Gasteiger partial charge < -0.3 is 19.2 Å². The molecule has 1 aliphatic heterocycles. The van der Waals surface area contributed by atoms with Crippen LogP contribution in [0.15, 0.2) is 44.9 Å². The molecule has 0 bridgehead atoms. The first kappa shape index (κ1) is 16.4. The van der Waals surface area contributed by atoms with Crippen molar-refractivity contribution in [1.82, 2.24) is 15.1 Å². The lowest BCUT2D eigenvalue weighted by Crippen LogP contribution is -2.33. The second-order valence-electron chi connectivity index (χ2n) is 5.71. The van der Waals surface area contributed by atoms with Crippen molar-refractivity contribution in [3.63, 3.8) is 0 Å². The predicted molar refractivity (Wildman–Crippen MR) is 93.2 cm³/mol. The lowest BCUT2D eigenvalue weighted by molar-refractivity contribution is -0.122. The Kier molecular flexibility index (Phi) is 4.21. The van der Waals surface area contributed by atoms with Crippen LogP contribution in [0.4, 0.5) is 0 Å². The Morgan fingerprint density at radius 2 is 2.19 bits per heavy atom. The van der Waals surface area contributed by atoms with Crippen LogP contribution < -0.4 is 20.5 Å². The summed E-state index contributed by atoms with van der Waals surface area (Å²) >= 11 is 1.40. The molecule has 4 rings (SSSR count). The van der Waals surface area contributed by atoms with Gasteiger partial charge in [-0.15, -0.1) is 16.4 Å². The normalized spacial score (nSPS) is 13.6. The molecule has 0 radical (unpaired) electrons. The van der Waals surface area contributed by atoms with Crippen molar-refractivity contribution >= 4 is 17.2 Å². The van der Waals surface area contributed by atoms with Gasteiger partial charge in [-0.05, 0) is 36.1 Å². The number of hydrogen-bond acceptors (Lipinski definition) is 7. The first-order chi connectivity index (χ1) is 12.6. The number of thiophene rings is 1. The molecule has 3 aromatic rings. The van der Waals surface area contributed by atoms with Gasteiger partial charge in [0.1, 0.15) is 6.54 Å². The molecular formula is C17H15N3O5S. The van der Waals surface area contributed by atoms with Crippen LogP contribution in [0.1, 0.15) is 18.5 Å². The quantitative estimate of drug-likeness (QED) is 0.736. The van der Waals surface area contributed by atoms with Crippen molar-refractivity contribution in [3.8, 4) is 22.3 Å². The van der Waals surface area contributed by atoms with Crippen LogP contribution in [0.5, 0.6) is 11.5 Å². The SMILES string of the molecule is CC(NC(=O)Cn1nc(-c2cccs2)oc1=O)c1ccc2c(c1)OCO2. The molecule has 0 saturated carbocycles. The van der Waals surface area contributed by atoms with E-state index in [1.165, 1.54) is 11.3 Å². The van der Waals surface area contributed by atoms with Gasteiger partial charge in [0.25, 0.3) is 5.89 Å². The largest absolute Gasteiger partial charge is 0.454 e. The fraction of sp³-hybridized carbons (Fsp3) is 0.235. The average Bonchev–Trinajstić information content (AvgIpc) is 3.35. The molecule has 1 aliphatic rings. The van der Waals surface area contributed by atoms with E-state index in [1.807, 2.05) is 30.5 Å². The summed E-state index contributed by atoms with van der Waals surface area (Å²) in [6.45, 7) is 1.82. The van der Waals surface area contributed by atoms with Crippen molar-refractivity contribution in [1.29, 1.82) is 0 Å². The first-order valence-corrected chi connectivity index (χ1v) is 8.79. The fourth-order valence-corrected chi connectivity index (χ4v) is 3.24. The molecule has 1 aromatic carbocycles. The Morgan fingerprint density at radius 1 is 1.35 bits per heavy atom. The Hall–Kier alpha value is -3.07. The molecule has 1 N–H and O–H groups in total. The molecular weight excluding hydrogens is 358 g/mol. The second kappa shape index (κ2) is 6.68. The number of hydrogen-bond donors (Lipinski definition) is 1. The summed E-state index contributed by atoms with van der Waals surface area (Å²) in [6, 6.07) is 8.84. The molecule has 0 spiro atoms. The maximum Gasteiger partial charge on any atom is 0.437 e. The molecule has 134 valence electrons. The number of amides is 1. The Balaban J connectivity index is 1.43. The van der Waals surface area contributed by atoms with Crippen molar-refractivity contribution in [2.75, 3.05) is 6.79 Å². The van der Waals surface area contributed by atoms with Crippen LogP contribution >= 0.6 is 11.3 Å². The minimum absolute atomic E-state index is 0.196. The van der Waals surface area contributed by atoms with E-state index in [-0.39, 0.29) is 31.2 Å². The van der Waals surface area contributed by atoms with Gasteiger partial charge >= 0.3 is 5.76 Å². The van der Waals surface area contributed by atoms with Crippen LogP contribution in [-0.2, 0) is 11.3 Å². The molecule has 3 heterocycles. The van der Waals surface area contributed by atoms with Gasteiger partial charge in [-0.25, -0.2) is 4.79 Å². The third kappa shape index (κ3) is 3.21. The van der Waals surface area contributed by atoms with Crippen LogP contribution in [-0.4, -0.2) is 22.5 Å². The average molecular weight is 373 g/mol. The molecule has 0 fully saturated rings. The van der Waals surface area contributed by atoms with E-state index in [9.17, 15) is 9.59 Å². The van der Waals surface area contributed by atoms with Crippen molar-refractivity contribution < 1.29 is 18.7 Å². The van der Waals surface area contributed by atoms with Gasteiger partial charge in [0.2, 0.25) is 12.7 Å². The minimum atomic E-state index is -0.667. The summed E-state index contributed by atoms with van der Waals surface area (Å²) in [7, 11) is 0. The molecule has 1 amide bonds. The molecule has 1 atom stereocenters. The van der Waals surface area contributed by atoms with Gasteiger partial charge in [0.15, 0.2) is 11.5 Å². The van der Waals surface area contributed by atoms with Crippen LogP contribution in [0.25, 0.3) is 10.8 Å². The predicted octanol–water partition coefficient (Wildman–Crippen LogP) is 2.17. The van der Waals surface area contributed by atoms with E-state index in [1.54, 1.807) is 12.1 Å². The van der Waals surface area contributed by atoms with Gasteiger partial charge in [-0.2, -0.15) is 4.68 Å². The Labute approximate surface area is 152 Å². The van der Waals surface area contributed by atoms with E-state index in [4.69, 9.17) is 13.9 Å². The number of aromatic nitrogens is 2. The van der Waals surface area contributed by atoms with Crippen LogP contribution in [0, 0.1) is 0 Å². The van der Waals surface area contributed by atoms with Crippen molar-refractivity contribution in [2.24, 2.45) is 0 Å². The molecule has 8 nitrogen and oxygen atoms in total. The zero-order chi connectivity index (χ0) is 18.1. The summed E-state index contributed by atoms with van der Waals surface area (Å²) in [5.41, 5.74) is 0.870. The maximum atomic E-state index is 12.3. The summed E-state index contributed by atoms with van der Waals surface area (Å²) in [5, 5.41) is 8.76. The minimum Gasteiger partial charge on any atom is -0.454 e. The molecule has 1 unspecified atom stereocenters. The zero-order valence-electron chi connectivity index (χ0n) is 13.8. The van der Waals surface area contributed by atoms with E-state index < -0.39 is 5.76 Å². The van der Waals surface area contributed by atoms with E-state index in [2.05, 4.69) is 10.4 Å². The second-order valence-corrected chi connectivity index (χ2v) is 6.66. The lowest BCUT2D eigenvalue weighted by Gasteiger charge is -2.14. The van der Waals surface area contributed by atoms with Gasteiger partial charge in [0, 0.05) is 0 Å². The monoisotopic (exact) mass is 373 g/mol. The summed E-state index contributed by atoms with van der Waals surface area (Å²) in [5.74, 6) is 0.531. The van der Waals surface area contributed by atoms with Gasteiger partial charge in [-0.1, -0.05) is 12.1 Å². The molecule has 0 aliphatic carbocycles. The maximum absolute atomic E-state index is 12.3. The summed E-state index contributed by atoms with van der Waals surface area (Å²) in [6.07, 6.45) is 0. The first-order valence-electron chi connectivity index (χ1n) is 7.91. The topological polar surface area (TPSA) is 95.6 Å². The van der Waals surface area contributed by atoms with E-state index in [0.29, 0.717) is 11.5 Å². The van der Waals surface area contributed by atoms with Gasteiger partial charge in [-0.3, -0.25) is 4.79 Å². The summed E-state index contributed by atoms with van der Waals surface area (Å²) < 4.78 is 16.7. The van der Waals surface area contributed by atoms with Crippen LogP contribution in [0.3, 0.4) is 0 Å². The molecule has 26 heavy (non-hydrogen) atoms. The number of fused-ring (bicyclic) bond motifs is 1. The number of benzene rings is 1. The fourth-order valence-electron chi connectivity index (χ4n) is 2.59. The highest BCUT2D eigenvalue weighted by Crippen LogP contribution is 2.34. The highest BCUT2D eigenvalue weighted by atomic mass is 32.1. The standard InChI is InChI=1S/C17H15N3O5S/c1-10(11-4-5-12-13(7-11)24-9-23-12)18-15(21)8-20-17(22)25-16(19-20)14-3-2-6-26-14/h2-7,10H,8-9H2,1H3,(H,18,21). The zero-order valence-corrected chi connectivity index (χ0v) is 14.6. The third-order valence-electron chi connectivity index (χ3n) is 3.91. The molecule has 9 heteroatoms. The molecule has 0 saturated heterocycles. The summed E-state index contributed by atoms with van der Waals surface area (Å²) in [4.78, 5) is 24.9. The van der Waals surface area contributed by atoms with Crippen molar-refractivity contribution in [2.45, 2.75) is 19.5 Å². The number of nitrogens with zero attached hydrogens (tertiary/aromatic N) is 2. The smallest absolute Gasteiger partial charge is 0.437 e. The number of carbonyl (C=O) groups is 1. The van der Waals surface area contributed by atoms with Crippen molar-refractivity contribution in [3.05, 3.63) is 51.8 Å². The highest BCUT2D eigenvalue weighted by Gasteiger charge is 2.18. The Morgan fingerprint density at radius 3 is 3.00 bits per heavy atom. The number of carbonyl (C=O) groups excluding carboxylic acids is 1. The lowest BCUT2D eigenvalue weighted by atomic mass is 10.1. The van der Waals surface area contributed by atoms with Gasteiger partial charge in [0.05, 0.1) is 10.9 Å². The molecule has 2 aromatic heterocycles. The number of ether oxygens (including phenoxy) is 2. The van der Waals surface area contributed by atoms with E-state index >= 15 is 0 Å². The Bertz CT molecular complexity index is 992. The van der Waals surface area contributed by atoms with E-state index in [0.717, 1.165) is 15.1 Å². The van der Waals surface area contributed by atoms with Crippen LogP contribution in [0.2, 0.25) is 0 Å². The highest BCUT2D eigenvalue weighted by molar-refractivity contribution is 7.13. The number of rotatable bonds is 5. The number of nitrogens with one attached hydrogen (secondary N) is 1.